The number of aromatic nitrogens is 1. The Bertz CT molecular complexity index is 528. The third-order valence-electron chi connectivity index (χ3n) is 2.02. The van der Waals surface area contributed by atoms with Crippen molar-refractivity contribution in [2.24, 2.45) is 0 Å². The Balaban J connectivity index is 2.21. The first-order valence-electron chi connectivity index (χ1n) is 4.71. The van der Waals surface area contributed by atoms with E-state index < -0.39 is 5.97 Å². The van der Waals surface area contributed by atoms with Crippen molar-refractivity contribution in [1.82, 2.24) is 4.98 Å². The number of hydrogen-bond acceptors (Lipinski definition) is 4. The first-order valence-corrected chi connectivity index (χ1v) is 5.97. The summed E-state index contributed by atoms with van der Waals surface area (Å²) < 4.78 is 5.41. The van der Waals surface area contributed by atoms with Crippen LogP contribution in [0.2, 0.25) is 5.02 Å². The molecule has 4 nitrogen and oxygen atoms in total. The molecule has 0 aliphatic carbocycles. The second kappa shape index (κ2) is 5.16. The zero-order valence-corrected chi connectivity index (χ0v) is 10.2. The number of rotatable bonds is 4. The third-order valence-corrected chi connectivity index (χ3v) is 3.09. The SMILES string of the molecule is O=C(O)c1c(Cl)cccc1OCc1nccs1. The van der Waals surface area contributed by atoms with E-state index in [1.54, 1.807) is 18.3 Å². The van der Waals surface area contributed by atoms with Crippen LogP contribution >= 0.6 is 22.9 Å². The summed E-state index contributed by atoms with van der Waals surface area (Å²) in [6.45, 7) is 0.234. The molecule has 0 spiro atoms. The van der Waals surface area contributed by atoms with E-state index in [2.05, 4.69) is 4.98 Å². The predicted octanol–water partition coefficient (Wildman–Crippen LogP) is 3.07. The molecule has 2 aromatic rings. The minimum Gasteiger partial charge on any atom is -0.485 e. The summed E-state index contributed by atoms with van der Waals surface area (Å²) in [6, 6.07) is 4.73. The number of thiazole rings is 1. The molecule has 1 aromatic heterocycles. The van der Waals surface area contributed by atoms with Crippen molar-refractivity contribution in [3.63, 3.8) is 0 Å². The molecule has 0 atom stereocenters. The summed E-state index contributed by atoms with van der Waals surface area (Å²) in [5.74, 6) is -0.857. The van der Waals surface area contributed by atoms with E-state index >= 15 is 0 Å². The monoisotopic (exact) mass is 269 g/mol. The molecular formula is C11H8ClNO3S. The van der Waals surface area contributed by atoms with E-state index in [-0.39, 0.29) is 22.9 Å². The Hall–Kier alpha value is -1.59. The molecule has 88 valence electrons. The van der Waals surface area contributed by atoms with Crippen molar-refractivity contribution in [2.45, 2.75) is 6.61 Å². The number of aromatic carboxylic acids is 1. The largest absolute Gasteiger partial charge is 0.485 e. The molecule has 0 radical (unpaired) electrons. The summed E-state index contributed by atoms with van der Waals surface area (Å²) in [4.78, 5) is 15.1. The van der Waals surface area contributed by atoms with Crippen molar-refractivity contribution >= 4 is 28.9 Å². The number of carbonyl (C=O) groups is 1. The Kier molecular flexibility index (Phi) is 3.61. The van der Waals surface area contributed by atoms with Crippen molar-refractivity contribution < 1.29 is 14.6 Å². The molecule has 1 aromatic carbocycles. The molecule has 1 N–H and O–H groups in total. The first-order chi connectivity index (χ1) is 8.18. The van der Waals surface area contributed by atoms with Gasteiger partial charge in [-0.05, 0) is 12.1 Å². The minimum absolute atomic E-state index is 0.0225. The number of carboxylic acid groups (broad SMARTS) is 1. The van der Waals surface area contributed by atoms with Crippen molar-refractivity contribution in [3.8, 4) is 5.75 Å². The fourth-order valence-corrected chi connectivity index (χ4v) is 2.07. The van der Waals surface area contributed by atoms with E-state index in [4.69, 9.17) is 21.4 Å². The topological polar surface area (TPSA) is 59.4 Å². The number of benzene rings is 1. The van der Waals surface area contributed by atoms with E-state index in [9.17, 15) is 4.79 Å². The second-order valence-electron chi connectivity index (χ2n) is 3.13. The van der Waals surface area contributed by atoms with Gasteiger partial charge in [-0.1, -0.05) is 17.7 Å². The molecular weight excluding hydrogens is 262 g/mol. The van der Waals surface area contributed by atoms with E-state index in [1.165, 1.54) is 17.4 Å². The van der Waals surface area contributed by atoms with Gasteiger partial charge in [0.25, 0.3) is 0 Å². The number of hydrogen-bond donors (Lipinski definition) is 1. The van der Waals surface area contributed by atoms with Crippen LogP contribution < -0.4 is 4.74 Å². The number of halogens is 1. The zero-order valence-electron chi connectivity index (χ0n) is 8.59. The maximum Gasteiger partial charge on any atom is 0.341 e. The molecule has 0 aliphatic heterocycles. The maximum absolute atomic E-state index is 11.0. The molecule has 0 amide bonds. The Morgan fingerprint density at radius 3 is 3.00 bits per heavy atom. The van der Waals surface area contributed by atoms with Gasteiger partial charge in [0, 0.05) is 11.6 Å². The second-order valence-corrected chi connectivity index (χ2v) is 4.52. The highest BCUT2D eigenvalue weighted by Gasteiger charge is 2.15. The minimum atomic E-state index is -1.11. The molecule has 0 unspecified atom stereocenters. The number of nitrogens with zero attached hydrogens (tertiary/aromatic N) is 1. The smallest absolute Gasteiger partial charge is 0.341 e. The Morgan fingerprint density at radius 2 is 2.35 bits per heavy atom. The van der Waals surface area contributed by atoms with Gasteiger partial charge in [0.05, 0.1) is 5.02 Å². The highest BCUT2D eigenvalue weighted by atomic mass is 35.5. The summed E-state index contributed by atoms with van der Waals surface area (Å²) in [6.07, 6.45) is 1.67. The summed E-state index contributed by atoms with van der Waals surface area (Å²) in [7, 11) is 0. The van der Waals surface area contributed by atoms with Gasteiger partial charge >= 0.3 is 5.97 Å². The lowest BCUT2D eigenvalue weighted by Gasteiger charge is -2.08. The molecule has 1 heterocycles. The van der Waals surface area contributed by atoms with E-state index in [0.29, 0.717) is 0 Å². The fraction of sp³-hybridized carbons (Fsp3) is 0.0909. The molecule has 0 saturated heterocycles. The molecule has 0 aliphatic rings. The predicted molar refractivity (Wildman–Crippen MR) is 64.9 cm³/mol. The van der Waals surface area contributed by atoms with Gasteiger partial charge in [0.1, 0.15) is 22.9 Å². The highest BCUT2D eigenvalue weighted by Crippen LogP contribution is 2.27. The van der Waals surface area contributed by atoms with Crippen LogP contribution in [0.25, 0.3) is 0 Å². The molecule has 6 heteroatoms. The zero-order chi connectivity index (χ0) is 12.3. The van der Waals surface area contributed by atoms with Crippen LogP contribution in [0.15, 0.2) is 29.8 Å². The van der Waals surface area contributed by atoms with Gasteiger partial charge in [0.2, 0.25) is 0 Å². The van der Waals surface area contributed by atoms with E-state index in [1.807, 2.05) is 5.38 Å². The number of carboxylic acids is 1. The molecule has 17 heavy (non-hydrogen) atoms. The van der Waals surface area contributed by atoms with Crippen LogP contribution in [0.3, 0.4) is 0 Å². The highest BCUT2D eigenvalue weighted by molar-refractivity contribution is 7.09. The van der Waals surface area contributed by atoms with Gasteiger partial charge < -0.3 is 9.84 Å². The lowest BCUT2D eigenvalue weighted by Crippen LogP contribution is -2.04. The Morgan fingerprint density at radius 1 is 1.53 bits per heavy atom. The lowest BCUT2D eigenvalue weighted by atomic mass is 10.2. The van der Waals surface area contributed by atoms with E-state index in [0.717, 1.165) is 5.01 Å². The summed E-state index contributed by atoms with van der Waals surface area (Å²) >= 11 is 7.26. The van der Waals surface area contributed by atoms with Gasteiger partial charge in [-0.15, -0.1) is 11.3 Å². The molecule has 2 rings (SSSR count). The van der Waals surface area contributed by atoms with Crippen molar-refractivity contribution in [1.29, 1.82) is 0 Å². The van der Waals surface area contributed by atoms with Crippen LogP contribution in [-0.2, 0) is 6.61 Å². The summed E-state index contributed by atoms with van der Waals surface area (Å²) in [5.41, 5.74) is -0.0225. The Labute approximate surface area is 106 Å². The van der Waals surface area contributed by atoms with Gasteiger partial charge in [0.15, 0.2) is 0 Å². The van der Waals surface area contributed by atoms with Gasteiger partial charge in [-0.2, -0.15) is 0 Å². The normalized spacial score (nSPS) is 10.2. The molecule has 0 saturated carbocycles. The van der Waals surface area contributed by atoms with Crippen LogP contribution in [0.5, 0.6) is 5.75 Å². The van der Waals surface area contributed by atoms with Crippen LogP contribution in [-0.4, -0.2) is 16.1 Å². The fourth-order valence-electron chi connectivity index (χ4n) is 1.30. The van der Waals surface area contributed by atoms with Crippen molar-refractivity contribution in [3.05, 3.63) is 45.4 Å². The van der Waals surface area contributed by atoms with Crippen LogP contribution in [0, 0.1) is 0 Å². The van der Waals surface area contributed by atoms with Crippen molar-refractivity contribution in [2.75, 3.05) is 0 Å². The quantitative estimate of drug-likeness (QED) is 0.927. The maximum atomic E-state index is 11.0. The first kappa shape index (κ1) is 11.9. The molecule has 0 bridgehead atoms. The summed E-state index contributed by atoms with van der Waals surface area (Å²) in [5, 5.41) is 11.8. The molecule has 0 fully saturated rings. The average Bonchev–Trinajstić information content (AvgIpc) is 2.78. The van der Waals surface area contributed by atoms with Gasteiger partial charge in [-0.25, -0.2) is 9.78 Å². The van der Waals surface area contributed by atoms with Crippen LogP contribution in [0.4, 0.5) is 0 Å². The lowest BCUT2D eigenvalue weighted by molar-refractivity contribution is 0.0692. The average molecular weight is 270 g/mol. The van der Waals surface area contributed by atoms with Gasteiger partial charge in [-0.3, -0.25) is 0 Å². The standard InChI is InChI=1S/C11H8ClNO3S/c12-7-2-1-3-8(10(7)11(14)15)16-6-9-13-4-5-17-9/h1-5H,6H2,(H,14,15). The van der Waals surface area contributed by atoms with Crippen LogP contribution in [0.1, 0.15) is 15.4 Å². The number of ether oxygens (including phenoxy) is 1. The third kappa shape index (κ3) is 2.75.